The number of methoxy groups -OCH3 is 2. The maximum atomic E-state index is 12.9. The van der Waals surface area contributed by atoms with E-state index in [1.807, 2.05) is 0 Å². The van der Waals surface area contributed by atoms with Gasteiger partial charge >= 0.3 is 6.18 Å². The number of rotatable bonds is 8. The molecular formula is C23H20F3N3O5. The Labute approximate surface area is 192 Å². The molecule has 0 fully saturated rings. The number of nitrogens with one attached hydrogen (secondary N) is 2. The van der Waals surface area contributed by atoms with Crippen molar-refractivity contribution in [2.24, 2.45) is 5.10 Å². The highest BCUT2D eigenvalue weighted by Gasteiger charge is 2.30. The van der Waals surface area contributed by atoms with Gasteiger partial charge in [-0.05, 0) is 42.5 Å². The molecule has 2 amide bonds. The van der Waals surface area contributed by atoms with Crippen molar-refractivity contribution < 1.29 is 36.7 Å². The average Bonchev–Trinajstić information content (AvgIpc) is 3.30. The van der Waals surface area contributed by atoms with Gasteiger partial charge in [0.1, 0.15) is 11.5 Å². The Balaban J connectivity index is 1.53. The predicted molar refractivity (Wildman–Crippen MR) is 117 cm³/mol. The number of carbonyl (C=O) groups is 2. The van der Waals surface area contributed by atoms with E-state index in [0.717, 1.165) is 12.1 Å². The number of hydrazone groups is 1. The highest BCUT2D eigenvalue weighted by molar-refractivity contribution is 5.97. The topological polar surface area (TPSA) is 102 Å². The fourth-order valence-corrected chi connectivity index (χ4v) is 2.87. The van der Waals surface area contributed by atoms with Crippen molar-refractivity contribution in [1.82, 2.24) is 10.7 Å². The van der Waals surface area contributed by atoms with Crippen LogP contribution in [0.5, 0.6) is 11.5 Å². The fraction of sp³-hybridized carbons (Fsp3) is 0.174. The molecular weight excluding hydrogens is 455 g/mol. The van der Waals surface area contributed by atoms with Crippen molar-refractivity contribution in [3.05, 3.63) is 71.5 Å². The number of nitrogens with zero attached hydrogens (tertiary/aromatic N) is 1. The molecule has 0 spiro atoms. The summed E-state index contributed by atoms with van der Waals surface area (Å²) in [4.78, 5) is 24.2. The van der Waals surface area contributed by atoms with Crippen LogP contribution in [-0.4, -0.2) is 38.8 Å². The molecule has 0 aliphatic rings. The second-order valence-electron chi connectivity index (χ2n) is 6.83. The molecule has 0 aliphatic carbocycles. The normalized spacial score (nSPS) is 11.3. The zero-order valence-corrected chi connectivity index (χ0v) is 18.1. The van der Waals surface area contributed by atoms with Crippen molar-refractivity contribution in [1.29, 1.82) is 0 Å². The molecule has 11 heteroatoms. The Morgan fingerprint density at radius 1 is 1.03 bits per heavy atom. The van der Waals surface area contributed by atoms with E-state index in [1.165, 1.54) is 56.8 Å². The van der Waals surface area contributed by atoms with Gasteiger partial charge in [0.15, 0.2) is 11.5 Å². The molecule has 3 aromatic rings. The molecule has 2 aromatic carbocycles. The van der Waals surface area contributed by atoms with Crippen LogP contribution in [0.2, 0.25) is 0 Å². The first-order valence-corrected chi connectivity index (χ1v) is 9.81. The third-order valence-corrected chi connectivity index (χ3v) is 4.54. The molecule has 1 aromatic heterocycles. The summed E-state index contributed by atoms with van der Waals surface area (Å²) in [5, 5.41) is 6.16. The van der Waals surface area contributed by atoms with E-state index >= 15 is 0 Å². The van der Waals surface area contributed by atoms with Gasteiger partial charge in [-0.2, -0.15) is 18.3 Å². The summed E-state index contributed by atoms with van der Waals surface area (Å²) >= 11 is 0. The molecule has 0 bridgehead atoms. The predicted octanol–water partition coefficient (Wildman–Crippen LogP) is 3.86. The van der Waals surface area contributed by atoms with Crippen molar-refractivity contribution in [3.8, 4) is 22.8 Å². The molecule has 0 saturated heterocycles. The van der Waals surface area contributed by atoms with E-state index in [0.29, 0.717) is 11.5 Å². The van der Waals surface area contributed by atoms with Gasteiger partial charge in [0.25, 0.3) is 11.8 Å². The second-order valence-corrected chi connectivity index (χ2v) is 6.83. The van der Waals surface area contributed by atoms with Crippen molar-refractivity contribution >= 4 is 18.0 Å². The summed E-state index contributed by atoms with van der Waals surface area (Å²) in [6.07, 6.45) is -3.28. The van der Waals surface area contributed by atoms with Crippen molar-refractivity contribution in [3.63, 3.8) is 0 Å². The Kier molecular flexibility index (Phi) is 7.57. The largest absolute Gasteiger partial charge is 0.493 e. The highest BCUT2D eigenvalue weighted by Crippen LogP contribution is 2.32. The van der Waals surface area contributed by atoms with Crippen LogP contribution in [-0.2, 0) is 11.0 Å². The van der Waals surface area contributed by atoms with Crippen LogP contribution >= 0.6 is 0 Å². The van der Waals surface area contributed by atoms with E-state index in [9.17, 15) is 22.8 Å². The number of benzene rings is 2. The van der Waals surface area contributed by atoms with Gasteiger partial charge in [-0.15, -0.1) is 0 Å². The average molecular weight is 475 g/mol. The number of alkyl halides is 3. The minimum Gasteiger partial charge on any atom is -0.493 e. The van der Waals surface area contributed by atoms with E-state index in [4.69, 9.17) is 13.9 Å². The van der Waals surface area contributed by atoms with Crippen LogP contribution in [0.15, 0.2) is 64.1 Å². The molecule has 178 valence electrons. The molecule has 1 heterocycles. The zero-order chi connectivity index (χ0) is 24.7. The SMILES string of the molecule is COc1ccc(C(=O)NCC(=O)N/N=C/c2ccc(-c3cccc(C(F)(F)F)c3)o2)cc1OC. The van der Waals surface area contributed by atoms with E-state index in [1.54, 1.807) is 6.07 Å². The van der Waals surface area contributed by atoms with Gasteiger partial charge < -0.3 is 19.2 Å². The first kappa shape index (κ1) is 24.4. The number of amides is 2. The van der Waals surface area contributed by atoms with Gasteiger partial charge in [-0.3, -0.25) is 9.59 Å². The molecule has 2 N–H and O–H groups in total. The number of hydrogen-bond donors (Lipinski definition) is 2. The lowest BCUT2D eigenvalue weighted by Gasteiger charge is -2.09. The summed E-state index contributed by atoms with van der Waals surface area (Å²) in [5.41, 5.74) is 1.94. The van der Waals surface area contributed by atoms with Crippen LogP contribution in [0.25, 0.3) is 11.3 Å². The van der Waals surface area contributed by atoms with Crippen LogP contribution < -0.4 is 20.2 Å². The summed E-state index contributed by atoms with van der Waals surface area (Å²) in [6, 6.07) is 12.2. The van der Waals surface area contributed by atoms with Gasteiger partial charge in [-0.25, -0.2) is 5.43 Å². The molecule has 0 saturated carbocycles. The summed E-state index contributed by atoms with van der Waals surface area (Å²) in [5.74, 6) is 0.141. The lowest BCUT2D eigenvalue weighted by atomic mass is 10.1. The summed E-state index contributed by atoms with van der Waals surface area (Å²) in [7, 11) is 2.91. The Morgan fingerprint density at radius 2 is 1.79 bits per heavy atom. The number of hydrogen-bond acceptors (Lipinski definition) is 6. The van der Waals surface area contributed by atoms with Crippen molar-refractivity contribution in [2.45, 2.75) is 6.18 Å². The van der Waals surface area contributed by atoms with E-state index in [-0.39, 0.29) is 29.2 Å². The number of halogens is 3. The third-order valence-electron chi connectivity index (χ3n) is 4.54. The first-order chi connectivity index (χ1) is 16.2. The maximum absolute atomic E-state index is 12.9. The van der Waals surface area contributed by atoms with Crippen LogP contribution in [0.3, 0.4) is 0 Å². The molecule has 34 heavy (non-hydrogen) atoms. The van der Waals surface area contributed by atoms with Crippen LogP contribution in [0.4, 0.5) is 13.2 Å². The van der Waals surface area contributed by atoms with Gasteiger partial charge in [0.05, 0.1) is 32.5 Å². The lowest BCUT2D eigenvalue weighted by molar-refractivity contribution is -0.137. The summed E-state index contributed by atoms with van der Waals surface area (Å²) in [6.45, 7) is -0.349. The zero-order valence-electron chi connectivity index (χ0n) is 18.1. The minimum absolute atomic E-state index is 0.209. The maximum Gasteiger partial charge on any atom is 0.416 e. The molecule has 0 aliphatic heterocycles. The second kappa shape index (κ2) is 10.6. The number of ether oxygens (including phenoxy) is 2. The Hall–Kier alpha value is -4.28. The van der Waals surface area contributed by atoms with Crippen LogP contribution in [0, 0.1) is 0 Å². The first-order valence-electron chi connectivity index (χ1n) is 9.81. The lowest BCUT2D eigenvalue weighted by Crippen LogP contribution is -2.34. The van der Waals surface area contributed by atoms with Crippen LogP contribution in [0.1, 0.15) is 21.7 Å². The van der Waals surface area contributed by atoms with Crippen molar-refractivity contribution in [2.75, 3.05) is 20.8 Å². The summed E-state index contributed by atoms with van der Waals surface area (Å²) < 4.78 is 54.3. The molecule has 0 unspecified atom stereocenters. The van der Waals surface area contributed by atoms with Gasteiger partial charge in [0.2, 0.25) is 0 Å². The van der Waals surface area contributed by atoms with Gasteiger partial charge in [-0.1, -0.05) is 12.1 Å². The van der Waals surface area contributed by atoms with Gasteiger partial charge in [0, 0.05) is 11.1 Å². The smallest absolute Gasteiger partial charge is 0.416 e. The standard InChI is InChI=1S/C23H20F3N3O5/c1-32-19-8-6-15(11-20(19)33-2)22(31)27-13-21(30)29-28-12-17-7-9-18(34-17)14-4-3-5-16(10-14)23(24,25)26/h3-12H,13H2,1-2H3,(H,27,31)(H,29,30)/b28-12+. The number of furan rings is 1. The minimum atomic E-state index is -4.47. The molecule has 8 nitrogen and oxygen atoms in total. The Bertz CT molecular complexity index is 1200. The molecule has 3 rings (SSSR count). The molecule has 0 atom stereocenters. The molecule has 0 radical (unpaired) electrons. The Morgan fingerprint density at radius 3 is 2.50 bits per heavy atom. The van der Waals surface area contributed by atoms with E-state index in [2.05, 4.69) is 15.8 Å². The monoisotopic (exact) mass is 475 g/mol. The number of carbonyl (C=O) groups excluding carboxylic acids is 2. The highest BCUT2D eigenvalue weighted by atomic mass is 19.4. The third kappa shape index (κ3) is 6.15. The van der Waals surface area contributed by atoms with E-state index < -0.39 is 23.6 Å². The quantitative estimate of drug-likeness (QED) is 0.381. The fourth-order valence-electron chi connectivity index (χ4n) is 2.87.